The lowest BCUT2D eigenvalue weighted by molar-refractivity contribution is -0.140. The Hall–Kier alpha value is -2.86. The molecule has 1 atom stereocenters. The SMILES string of the molecule is CCN(CC)CCN1C(=O)C(=O)/C(=C(/O)c2cc(C)ccc2C)C1c1ccco1. The molecule has 1 unspecified atom stereocenters. The lowest BCUT2D eigenvalue weighted by Gasteiger charge is -2.26. The second-order valence-corrected chi connectivity index (χ2v) is 7.35. The van der Waals surface area contributed by atoms with Crippen molar-refractivity contribution in [1.82, 2.24) is 9.80 Å². The highest BCUT2D eigenvalue weighted by atomic mass is 16.3. The zero-order valence-corrected chi connectivity index (χ0v) is 17.4. The zero-order chi connectivity index (χ0) is 21.1. The van der Waals surface area contributed by atoms with Crippen LogP contribution in [0.2, 0.25) is 0 Å². The molecule has 1 aromatic heterocycles. The maximum atomic E-state index is 13.0. The van der Waals surface area contributed by atoms with Crippen LogP contribution in [0.5, 0.6) is 0 Å². The van der Waals surface area contributed by atoms with Gasteiger partial charge in [0.05, 0.1) is 11.8 Å². The molecule has 2 aromatic rings. The summed E-state index contributed by atoms with van der Waals surface area (Å²) in [4.78, 5) is 29.5. The third-order valence-electron chi connectivity index (χ3n) is 5.55. The second kappa shape index (κ2) is 8.66. The molecule has 0 saturated carbocycles. The van der Waals surface area contributed by atoms with Gasteiger partial charge >= 0.3 is 0 Å². The summed E-state index contributed by atoms with van der Waals surface area (Å²) in [5.41, 5.74) is 2.43. The van der Waals surface area contributed by atoms with Crippen molar-refractivity contribution in [2.24, 2.45) is 0 Å². The van der Waals surface area contributed by atoms with E-state index in [-0.39, 0.29) is 11.3 Å². The number of carbonyl (C=O) groups excluding carboxylic acids is 2. The van der Waals surface area contributed by atoms with Gasteiger partial charge in [0.2, 0.25) is 0 Å². The highest BCUT2D eigenvalue weighted by Crippen LogP contribution is 2.39. The van der Waals surface area contributed by atoms with E-state index in [4.69, 9.17) is 4.42 Å². The Kier molecular flexibility index (Phi) is 6.23. The van der Waals surface area contributed by atoms with E-state index in [9.17, 15) is 14.7 Å². The fraction of sp³-hybridized carbons (Fsp3) is 0.391. The summed E-state index contributed by atoms with van der Waals surface area (Å²) in [5.74, 6) is -0.971. The van der Waals surface area contributed by atoms with Crippen LogP contribution in [0.15, 0.2) is 46.6 Å². The lowest BCUT2D eigenvalue weighted by Crippen LogP contribution is -2.37. The normalized spacial score (nSPS) is 18.8. The number of hydrogen-bond acceptors (Lipinski definition) is 5. The van der Waals surface area contributed by atoms with E-state index in [1.807, 2.05) is 32.0 Å². The van der Waals surface area contributed by atoms with Gasteiger partial charge in [-0.25, -0.2) is 0 Å². The van der Waals surface area contributed by atoms with Gasteiger partial charge in [0, 0.05) is 18.7 Å². The van der Waals surface area contributed by atoms with Crippen LogP contribution >= 0.6 is 0 Å². The van der Waals surface area contributed by atoms with Crippen molar-refractivity contribution in [2.75, 3.05) is 26.2 Å². The number of carbonyl (C=O) groups is 2. The lowest BCUT2D eigenvalue weighted by atomic mass is 9.96. The Bertz CT molecular complexity index is 926. The van der Waals surface area contributed by atoms with Gasteiger partial charge in [-0.1, -0.05) is 31.5 Å². The predicted octanol–water partition coefficient (Wildman–Crippen LogP) is 3.66. The van der Waals surface area contributed by atoms with Crippen LogP contribution in [-0.2, 0) is 9.59 Å². The summed E-state index contributed by atoms with van der Waals surface area (Å²) in [5, 5.41) is 11.1. The van der Waals surface area contributed by atoms with Crippen LogP contribution in [0.3, 0.4) is 0 Å². The van der Waals surface area contributed by atoms with Crippen LogP contribution in [0.4, 0.5) is 0 Å². The number of Topliss-reactive ketones (excluding diaryl/α,β-unsaturated/α-hetero) is 1. The minimum atomic E-state index is -0.736. The molecule has 2 heterocycles. The number of rotatable bonds is 7. The van der Waals surface area contributed by atoms with Crippen LogP contribution in [-0.4, -0.2) is 52.8 Å². The molecule has 1 saturated heterocycles. The van der Waals surface area contributed by atoms with Crippen molar-refractivity contribution in [3.05, 3.63) is 64.6 Å². The number of aryl methyl sites for hydroxylation is 2. The van der Waals surface area contributed by atoms with Gasteiger partial charge in [-0.2, -0.15) is 0 Å². The first-order chi connectivity index (χ1) is 13.9. The third kappa shape index (κ3) is 3.98. The van der Waals surface area contributed by atoms with Crippen LogP contribution < -0.4 is 0 Å². The molecule has 1 aliphatic heterocycles. The first-order valence-corrected chi connectivity index (χ1v) is 10.0. The standard InChI is InChI=1S/C23H28N2O4/c1-5-24(6-2)11-12-25-20(18-8-7-13-29-18)19(22(27)23(25)28)21(26)17-14-15(3)9-10-16(17)4/h7-10,13-14,20,26H,5-6,11-12H2,1-4H3/b21-19+. The van der Waals surface area contributed by atoms with Crippen molar-refractivity contribution in [2.45, 2.75) is 33.7 Å². The van der Waals surface area contributed by atoms with Gasteiger partial charge in [-0.15, -0.1) is 0 Å². The van der Waals surface area contributed by atoms with E-state index in [0.717, 1.165) is 24.2 Å². The Morgan fingerprint density at radius 3 is 2.52 bits per heavy atom. The molecule has 1 N–H and O–H groups in total. The number of aliphatic hydroxyl groups excluding tert-OH is 1. The number of hydrogen-bond donors (Lipinski definition) is 1. The highest BCUT2D eigenvalue weighted by molar-refractivity contribution is 6.46. The largest absolute Gasteiger partial charge is 0.507 e. The van der Waals surface area contributed by atoms with Crippen LogP contribution in [0.25, 0.3) is 5.76 Å². The van der Waals surface area contributed by atoms with Gasteiger partial charge in [0.15, 0.2) is 0 Å². The molecule has 1 aliphatic rings. The van der Waals surface area contributed by atoms with E-state index in [1.165, 1.54) is 11.2 Å². The molecule has 6 heteroatoms. The van der Waals surface area contributed by atoms with Gasteiger partial charge in [0.1, 0.15) is 17.6 Å². The second-order valence-electron chi connectivity index (χ2n) is 7.35. The predicted molar refractivity (Wildman–Crippen MR) is 111 cm³/mol. The summed E-state index contributed by atoms with van der Waals surface area (Å²) in [6.07, 6.45) is 1.51. The van der Waals surface area contributed by atoms with Gasteiger partial charge in [-0.3, -0.25) is 9.59 Å². The summed E-state index contributed by atoms with van der Waals surface area (Å²) in [6.45, 7) is 10.6. The Labute approximate surface area is 171 Å². The van der Waals surface area contributed by atoms with E-state index in [1.54, 1.807) is 12.1 Å². The summed E-state index contributed by atoms with van der Waals surface area (Å²) < 4.78 is 5.57. The minimum absolute atomic E-state index is 0.0817. The van der Waals surface area contributed by atoms with E-state index in [2.05, 4.69) is 18.7 Å². The van der Waals surface area contributed by atoms with Crippen LogP contribution in [0.1, 0.15) is 42.3 Å². The summed E-state index contributed by atoms with van der Waals surface area (Å²) >= 11 is 0. The number of nitrogens with zero attached hydrogens (tertiary/aromatic N) is 2. The average Bonchev–Trinajstić information content (AvgIpc) is 3.32. The number of likely N-dealkylation sites (N-methyl/N-ethyl adjacent to an activating group) is 1. The Morgan fingerprint density at radius 2 is 1.90 bits per heavy atom. The van der Waals surface area contributed by atoms with Gasteiger partial charge in [0.25, 0.3) is 11.7 Å². The molecule has 1 amide bonds. The molecular weight excluding hydrogens is 368 g/mol. The average molecular weight is 396 g/mol. The number of likely N-dealkylation sites (tertiary alicyclic amines) is 1. The summed E-state index contributed by atoms with van der Waals surface area (Å²) in [6, 6.07) is 8.38. The maximum Gasteiger partial charge on any atom is 0.295 e. The number of benzene rings is 1. The molecule has 0 radical (unpaired) electrons. The Morgan fingerprint density at radius 1 is 1.17 bits per heavy atom. The molecule has 0 bridgehead atoms. The maximum absolute atomic E-state index is 13.0. The monoisotopic (exact) mass is 396 g/mol. The first kappa shape index (κ1) is 20.9. The molecule has 1 aromatic carbocycles. The van der Waals surface area contributed by atoms with E-state index < -0.39 is 17.7 Å². The van der Waals surface area contributed by atoms with Gasteiger partial charge < -0.3 is 19.3 Å². The van der Waals surface area contributed by atoms with Crippen molar-refractivity contribution in [1.29, 1.82) is 0 Å². The molecule has 154 valence electrons. The molecular formula is C23H28N2O4. The van der Waals surface area contributed by atoms with E-state index in [0.29, 0.717) is 24.4 Å². The topological polar surface area (TPSA) is 74.0 Å². The molecule has 0 aliphatic carbocycles. The highest BCUT2D eigenvalue weighted by Gasteiger charge is 2.47. The zero-order valence-electron chi connectivity index (χ0n) is 17.4. The quantitative estimate of drug-likeness (QED) is 0.439. The molecule has 3 rings (SSSR count). The Balaban J connectivity index is 2.09. The van der Waals surface area contributed by atoms with Crippen molar-refractivity contribution < 1.29 is 19.1 Å². The van der Waals surface area contributed by atoms with Crippen molar-refractivity contribution in [3.63, 3.8) is 0 Å². The molecule has 6 nitrogen and oxygen atoms in total. The third-order valence-corrected chi connectivity index (χ3v) is 5.55. The number of amides is 1. The van der Waals surface area contributed by atoms with E-state index >= 15 is 0 Å². The smallest absolute Gasteiger partial charge is 0.295 e. The molecule has 0 spiro atoms. The van der Waals surface area contributed by atoms with Crippen molar-refractivity contribution in [3.8, 4) is 0 Å². The first-order valence-electron chi connectivity index (χ1n) is 10.0. The number of ketones is 1. The van der Waals surface area contributed by atoms with Gasteiger partial charge in [-0.05, 0) is 50.7 Å². The summed E-state index contributed by atoms with van der Waals surface area (Å²) in [7, 11) is 0. The van der Waals surface area contributed by atoms with Crippen LogP contribution in [0, 0.1) is 13.8 Å². The molecule has 29 heavy (non-hydrogen) atoms. The fourth-order valence-corrected chi connectivity index (χ4v) is 3.78. The number of aliphatic hydroxyl groups is 1. The molecule has 1 fully saturated rings. The fourth-order valence-electron chi connectivity index (χ4n) is 3.78. The van der Waals surface area contributed by atoms with Crippen molar-refractivity contribution >= 4 is 17.4 Å². The number of furan rings is 1. The minimum Gasteiger partial charge on any atom is -0.507 e.